The highest BCUT2D eigenvalue weighted by Gasteiger charge is 2.51. The highest BCUT2D eigenvalue weighted by molar-refractivity contribution is 6.09. The number of hydrogen-bond acceptors (Lipinski definition) is 3. The van der Waals surface area contributed by atoms with Gasteiger partial charge in [0.15, 0.2) is 0 Å². The molecule has 0 radical (unpaired) electrons. The first-order chi connectivity index (χ1) is 9.04. The second-order valence-electron chi connectivity index (χ2n) is 4.75. The van der Waals surface area contributed by atoms with Crippen molar-refractivity contribution in [2.24, 2.45) is 0 Å². The van der Waals surface area contributed by atoms with E-state index in [1.807, 2.05) is 6.07 Å². The van der Waals surface area contributed by atoms with Crippen molar-refractivity contribution in [1.82, 2.24) is 10.6 Å². The fourth-order valence-electron chi connectivity index (χ4n) is 2.79. The molecule has 1 unspecified atom stereocenters. The Kier molecular flexibility index (Phi) is 2.35. The molecule has 4 amide bonds. The van der Waals surface area contributed by atoms with E-state index in [-0.39, 0.29) is 11.8 Å². The minimum absolute atomic E-state index is 0.0768. The minimum atomic E-state index is -1.04. The van der Waals surface area contributed by atoms with Crippen LogP contribution in [0.4, 0.5) is 10.5 Å². The molecule has 1 fully saturated rings. The SMILES string of the molecule is CC(=O)N1CCC2(NC(=O)NC2=O)c2ccccc21. The van der Waals surface area contributed by atoms with Crippen LogP contribution in [0.2, 0.25) is 0 Å². The molecule has 1 aromatic carbocycles. The monoisotopic (exact) mass is 259 g/mol. The van der Waals surface area contributed by atoms with Crippen LogP contribution < -0.4 is 15.5 Å². The average Bonchev–Trinajstić information content (AvgIpc) is 2.65. The second kappa shape index (κ2) is 3.81. The van der Waals surface area contributed by atoms with Crippen LogP contribution in [0.1, 0.15) is 18.9 Å². The number of urea groups is 1. The quantitative estimate of drug-likeness (QED) is 0.665. The van der Waals surface area contributed by atoms with E-state index in [2.05, 4.69) is 10.6 Å². The van der Waals surface area contributed by atoms with Crippen LogP contribution in [0, 0.1) is 0 Å². The Morgan fingerprint density at radius 2 is 2.05 bits per heavy atom. The number of amides is 4. The Labute approximate surface area is 109 Å². The highest BCUT2D eigenvalue weighted by Crippen LogP contribution is 2.39. The highest BCUT2D eigenvalue weighted by atomic mass is 16.2. The lowest BCUT2D eigenvalue weighted by molar-refractivity contribution is -0.125. The summed E-state index contributed by atoms with van der Waals surface area (Å²) in [4.78, 5) is 36.8. The van der Waals surface area contributed by atoms with Gasteiger partial charge in [-0.1, -0.05) is 18.2 Å². The number of rotatable bonds is 0. The molecule has 0 aliphatic carbocycles. The molecule has 19 heavy (non-hydrogen) atoms. The molecule has 1 aromatic rings. The van der Waals surface area contributed by atoms with Gasteiger partial charge in [0.05, 0.1) is 0 Å². The van der Waals surface area contributed by atoms with Crippen molar-refractivity contribution in [2.45, 2.75) is 18.9 Å². The van der Waals surface area contributed by atoms with E-state index in [0.717, 1.165) is 0 Å². The number of imide groups is 1. The molecule has 98 valence electrons. The zero-order chi connectivity index (χ0) is 13.6. The van der Waals surface area contributed by atoms with Crippen LogP contribution in [0.15, 0.2) is 24.3 Å². The van der Waals surface area contributed by atoms with Gasteiger partial charge in [0.25, 0.3) is 5.91 Å². The van der Waals surface area contributed by atoms with Gasteiger partial charge in [-0.05, 0) is 6.07 Å². The Morgan fingerprint density at radius 1 is 1.32 bits per heavy atom. The van der Waals surface area contributed by atoms with E-state index in [1.54, 1.807) is 23.1 Å². The number of anilines is 1. The summed E-state index contributed by atoms with van der Waals surface area (Å²) in [5.74, 6) is -0.430. The smallest absolute Gasteiger partial charge is 0.319 e. The molecule has 0 bridgehead atoms. The number of carbonyl (C=O) groups is 3. The maximum atomic E-state index is 12.1. The second-order valence-corrected chi connectivity index (χ2v) is 4.75. The molecule has 1 saturated heterocycles. The van der Waals surface area contributed by atoms with Crippen LogP contribution >= 0.6 is 0 Å². The Bertz CT molecular complexity index is 599. The van der Waals surface area contributed by atoms with E-state index in [1.165, 1.54) is 6.92 Å². The summed E-state index contributed by atoms with van der Waals surface area (Å²) >= 11 is 0. The van der Waals surface area contributed by atoms with Gasteiger partial charge in [-0.15, -0.1) is 0 Å². The van der Waals surface area contributed by atoms with Crippen molar-refractivity contribution >= 4 is 23.5 Å². The maximum absolute atomic E-state index is 12.1. The predicted molar refractivity (Wildman–Crippen MR) is 67.4 cm³/mol. The number of nitrogens with zero attached hydrogens (tertiary/aromatic N) is 1. The van der Waals surface area contributed by atoms with Crippen LogP contribution in [0.3, 0.4) is 0 Å². The molecule has 6 heteroatoms. The maximum Gasteiger partial charge on any atom is 0.322 e. The lowest BCUT2D eigenvalue weighted by Gasteiger charge is -2.38. The summed E-state index contributed by atoms with van der Waals surface area (Å²) in [6.07, 6.45) is 0.376. The van der Waals surface area contributed by atoms with Crippen LogP contribution in [-0.2, 0) is 15.1 Å². The fraction of sp³-hybridized carbons (Fsp3) is 0.308. The van der Waals surface area contributed by atoms with E-state index >= 15 is 0 Å². The van der Waals surface area contributed by atoms with Crippen molar-refractivity contribution in [3.63, 3.8) is 0 Å². The Morgan fingerprint density at radius 3 is 2.68 bits per heavy atom. The number of para-hydroxylation sites is 1. The molecule has 6 nitrogen and oxygen atoms in total. The summed E-state index contributed by atoms with van der Waals surface area (Å²) < 4.78 is 0. The van der Waals surface area contributed by atoms with E-state index in [0.29, 0.717) is 24.2 Å². The molecule has 2 aliphatic rings. The third-order valence-corrected chi connectivity index (χ3v) is 3.69. The molecule has 3 rings (SSSR count). The number of hydrogen-bond donors (Lipinski definition) is 2. The summed E-state index contributed by atoms with van der Waals surface area (Å²) in [5.41, 5.74) is 0.304. The molecule has 2 aliphatic heterocycles. The lowest BCUT2D eigenvalue weighted by Crippen LogP contribution is -2.51. The van der Waals surface area contributed by atoms with Crippen molar-refractivity contribution < 1.29 is 14.4 Å². The Balaban J connectivity index is 2.17. The van der Waals surface area contributed by atoms with E-state index < -0.39 is 11.6 Å². The average molecular weight is 259 g/mol. The molecule has 1 atom stereocenters. The van der Waals surface area contributed by atoms with Crippen molar-refractivity contribution in [3.05, 3.63) is 29.8 Å². The largest absolute Gasteiger partial charge is 0.322 e. The lowest BCUT2D eigenvalue weighted by atomic mass is 9.82. The number of benzene rings is 1. The minimum Gasteiger partial charge on any atom is -0.319 e. The number of carbonyl (C=O) groups excluding carboxylic acids is 3. The summed E-state index contributed by atoms with van der Waals surface area (Å²) in [5, 5.41) is 4.97. The molecule has 2 N–H and O–H groups in total. The molecule has 2 heterocycles. The van der Waals surface area contributed by atoms with E-state index in [9.17, 15) is 14.4 Å². The molecular weight excluding hydrogens is 246 g/mol. The molecular formula is C13H13N3O3. The first-order valence-electron chi connectivity index (χ1n) is 6.06. The zero-order valence-electron chi connectivity index (χ0n) is 10.4. The first kappa shape index (κ1) is 11.7. The van der Waals surface area contributed by atoms with Gasteiger partial charge in [-0.3, -0.25) is 14.9 Å². The normalized spacial score (nSPS) is 25.0. The Hall–Kier alpha value is -2.37. The van der Waals surface area contributed by atoms with Gasteiger partial charge in [0.1, 0.15) is 5.54 Å². The standard InChI is InChI=1S/C13H13N3O3/c1-8(17)16-7-6-13(11(18)14-12(19)15-13)9-4-2-3-5-10(9)16/h2-5H,6-7H2,1H3,(H2,14,15,18,19). The predicted octanol–water partition coefficient (Wildman–Crippen LogP) is 0.478. The van der Waals surface area contributed by atoms with Gasteiger partial charge in [-0.2, -0.15) is 0 Å². The van der Waals surface area contributed by atoms with Gasteiger partial charge in [0.2, 0.25) is 5.91 Å². The summed E-state index contributed by atoms with van der Waals surface area (Å²) in [6.45, 7) is 1.89. The van der Waals surface area contributed by atoms with Crippen molar-refractivity contribution in [3.8, 4) is 0 Å². The van der Waals surface area contributed by atoms with Crippen LogP contribution in [-0.4, -0.2) is 24.4 Å². The van der Waals surface area contributed by atoms with Crippen molar-refractivity contribution in [1.29, 1.82) is 0 Å². The zero-order valence-corrected chi connectivity index (χ0v) is 10.4. The molecule has 0 aromatic heterocycles. The number of nitrogens with one attached hydrogen (secondary N) is 2. The van der Waals surface area contributed by atoms with Crippen LogP contribution in [0.5, 0.6) is 0 Å². The summed E-state index contributed by atoms with van der Waals surface area (Å²) in [7, 11) is 0. The topological polar surface area (TPSA) is 78.5 Å². The van der Waals surface area contributed by atoms with Gasteiger partial charge < -0.3 is 10.2 Å². The van der Waals surface area contributed by atoms with Gasteiger partial charge in [0, 0.05) is 31.1 Å². The van der Waals surface area contributed by atoms with Gasteiger partial charge in [-0.25, -0.2) is 4.79 Å². The first-order valence-corrected chi connectivity index (χ1v) is 6.06. The molecule has 0 saturated carbocycles. The molecule has 1 spiro atoms. The number of fused-ring (bicyclic) bond motifs is 2. The fourth-order valence-corrected chi connectivity index (χ4v) is 2.79. The van der Waals surface area contributed by atoms with Gasteiger partial charge >= 0.3 is 6.03 Å². The summed E-state index contributed by atoms with van der Waals surface area (Å²) in [6, 6.07) is 6.67. The van der Waals surface area contributed by atoms with Crippen molar-refractivity contribution in [2.75, 3.05) is 11.4 Å². The third-order valence-electron chi connectivity index (χ3n) is 3.69. The van der Waals surface area contributed by atoms with E-state index in [4.69, 9.17) is 0 Å². The van der Waals surface area contributed by atoms with Crippen LogP contribution in [0.25, 0.3) is 0 Å². The third kappa shape index (κ3) is 1.53.